The predicted molar refractivity (Wildman–Crippen MR) is 85.9 cm³/mol. The number of rotatable bonds is 5. The highest BCUT2D eigenvalue weighted by Gasteiger charge is 2.24. The molecule has 2 atom stereocenters. The predicted octanol–water partition coefficient (Wildman–Crippen LogP) is 2.27. The lowest BCUT2D eigenvalue weighted by Gasteiger charge is -2.38. The first-order valence-corrected chi connectivity index (χ1v) is 7.83. The minimum atomic E-state index is 0.143. The molecule has 112 valence electrons. The summed E-state index contributed by atoms with van der Waals surface area (Å²) in [4.78, 5) is 4.85. The van der Waals surface area contributed by atoms with Crippen molar-refractivity contribution < 1.29 is 0 Å². The summed E-state index contributed by atoms with van der Waals surface area (Å²) in [5.41, 5.74) is 9.10. The van der Waals surface area contributed by atoms with Crippen LogP contribution in [0, 0.1) is 0 Å². The number of benzene rings is 1. The van der Waals surface area contributed by atoms with Gasteiger partial charge in [-0.05, 0) is 38.1 Å². The fourth-order valence-electron chi connectivity index (χ4n) is 3.01. The van der Waals surface area contributed by atoms with E-state index in [0.29, 0.717) is 6.04 Å². The number of hydrogen-bond acceptors (Lipinski definition) is 3. The lowest BCUT2D eigenvalue weighted by Crippen LogP contribution is -2.50. The molecule has 0 amide bonds. The Morgan fingerprint density at radius 1 is 1.20 bits per heavy atom. The van der Waals surface area contributed by atoms with Crippen LogP contribution in [0.1, 0.15) is 36.9 Å². The second-order valence-corrected chi connectivity index (χ2v) is 6.23. The average Bonchev–Trinajstić information content (AvgIpc) is 2.44. The van der Waals surface area contributed by atoms with Crippen molar-refractivity contribution in [3.63, 3.8) is 0 Å². The normalized spacial score (nSPS) is 22.9. The Hall–Kier alpha value is -0.900. The number of nitrogens with two attached hydrogens (primary N) is 1. The van der Waals surface area contributed by atoms with Crippen LogP contribution in [-0.2, 0) is 6.42 Å². The zero-order valence-electron chi connectivity index (χ0n) is 13.2. The van der Waals surface area contributed by atoms with Gasteiger partial charge in [0, 0.05) is 31.7 Å². The Balaban J connectivity index is 1.94. The molecular formula is C17H29N3. The van der Waals surface area contributed by atoms with Gasteiger partial charge < -0.3 is 15.5 Å². The summed E-state index contributed by atoms with van der Waals surface area (Å²) in [5, 5.41) is 0. The highest BCUT2D eigenvalue weighted by atomic mass is 15.3. The molecule has 2 rings (SSSR count). The molecule has 0 spiro atoms. The van der Waals surface area contributed by atoms with Crippen LogP contribution in [-0.4, -0.2) is 49.6 Å². The second-order valence-electron chi connectivity index (χ2n) is 6.23. The molecule has 1 aromatic carbocycles. The molecule has 3 heteroatoms. The molecule has 1 fully saturated rings. The summed E-state index contributed by atoms with van der Waals surface area (Å²) in [5.74, 6) is 0. The van der Waals surface area contributed by atoms with Crippen molar-refractivity contribution in [2.45, 2.75) is 38.3 Å². The highest BCUT2D eigenvalue weighted by Crippen LogP contribution is 2.21. The van der Waals surface area contributed by atoms with Gasteiger partial charge in [-0.25, -0.2) is 0 Å². The Morgan fingerprint density at radius 3 is 2.55 bits per heavy atom. The van der Waals surface area contributed by atoms with E-state index in [0.717, 1.165) is 32.5 Å². The van der Waals surface area contributed by atoms with Crippen molar-refractivity contribution in [1.82, 2.24) is 9.80 Å². The van der Waals surface area contributed by atoms with Gasteiger partial charge in [-0.15, -0.1) is 0 Å². The van der Waals surface area contributed by atoms with Crippen LogP contribution in [0.25, 0.3) is 0 Å². The maximum absolute atomic E-state index is 6.41. The summed E-state index contributed by atoms with van der Waals surface area (Å²) in [6.45, 7) is 5.64. The molecule has 1 saturated heterocycles. The van der Waals surface area contributed by atoms with Crippen LogP contribution in [0.3, 0.4) is 0 Å². The van der Waals surface area contributed by atoms with E-state index in [9.17, 15) is 0 Å². The minimum absolute atomic E-state index is 0.143. The van der Waals surface area contributed by atoms with E-state index >= 15 is 0 Å². The molecule has 0 aromatic heterocycles. The number of aryl methyl sites for hydroxylation is 1. The van der Waals surface area contributed by atoms with E-state index in [1.807, 2.05) is 0 Å². The summed E-state index contributed by atoms with van der Waals surface area (Å²) in [7, 11) is 4.42. The molecule has 20 heavy (non-hydrogen) atoms. The molecular weight excluding hydrogens is 246 g/mol. The molecule has 1 heterocycles. The molecule has 1 aliphatic rings. The van der Waals surface area contributed by atoms with Gasteiger partial charge in [-0.1, -0.05) is 37.6 Å². The molecule has 0 bridgehead atoms. The van der Waals surface area contributed by atoms with Crippen molar-refractivity contribution in [2.75, 3.05) is 33.7 Å². The molecule has 2 N–H and O–H groups in total. The van der Waals surface area contributed by atoms with Gasteiger partial charge >= 0.3 is 0 Å². The fraction of sp³-hybridized carbons (Fsp3) is 0.647. The second kappa shape index (κ2) is 7.21. The number of likely N-dealkylation sites (N-methyl/N-ethyl adjacent to an activating group) is 2. The van der Waals surface area contributed by atoms with E-state index in [-0.39, 0.29) is 6.04 Å². The van der Waals surface area contributed by atoms with Gasteiger partial charge in [0.25, 0.3) is 0 Å². The van der Waals surface area contributed by atoms with E-state index in [2.05, 4.69) is 55.1 Å². The molecule has 3 nitrogen and oxygen atoms in total. The first kappa shape index (κ1) is 15.5. The van der Waals surface area contributed by atoms with Gasteiger partial charge in [-0.2, -0.15) is 0 Å². The molecule has 1 aliphatic heterocycles. The summed E-state index contributed by atoms with van der Waals surface area (Å²) in [6, 6.07) is 9.60. The van der Waals surface area contributed by atoms with Crippen LogP contribution >= 0.6 is 0 Å². The van der Waals surface area contributed by atoms with Gasteiger partial charge in [0.05, 0.1) is 0 Å². The standard InChI is InChI=1S/C17H29N3/c1-4-5-14-6-8-15(9-7-14)17(18)12-16-13-19(2)10-11-20(16)3/h6-9,16-17H,4-5,10-13,18H2,1-3H3. The number of nitrogens with zero attached hydrogens (tertiary/aromatic N) is 2. The first-order valence-electron chi connectivity index (χ1n) is 7.83. The van der Waals surface area contributed by atoms with Crippen molar-refractivity contribution >= 4 is 0 Å². The lowest BCUT2D eigenvalue weighted by atomic mass is 9.96. The van der Waals surface area contributed by atoms with Crippen LogP contribution in [0.5, 0.6) is 0 Å². The molecule has 2 unspecified atom stereocenters. The zero-order valence-corrected chi connectivity index (χ0v) is 13.2. The van der Waals surface area contributed by atoms with Gasteiger partial charge in [0.15, 0.2) is 0 Å². The van der Waals surface area contributed by atoms with Crippen molar-refractivity contribution in [3.05, 3.63) is 35.4 Å². The molecule has 0 aliphatic carbocycles. The average molecular weight is 275 g/mol. The maximum Gasteiger partial charge on any atom is 0.0310 e. The van der Waals surface area contributed by atoms with Gasteiger partial charge in [0.1, 0.15) is 0 Å². The SMILES string of the molecule is CCCc1ccc(C(N)CC2CN(C)CCN2C)cc1. The van der Waals surface area contributed by atoms with Crippen LogP contribution < -0.4 is 5.73 Å². The quantitative estimate of drug-likeness (QED) is 0.895. The van der Waals surface area contributed by atoms with Crippen molar-refractivity contribution in [2.24, 2.45) is 5.73 Å². The molecule has 0 saturated carbocycles. The Bertz CT molecular complexity index is 401. The van der Waals surface area contributed by atoms with Crippen LogP contribution in [0.15, 0.2) is 24.3 Å². The summed E-state index contributed by atoms with van der Waals surface area (Å²) >= 11 is 0. The smallest absolute Gasteiger partial charge is 0.0310 e. The Kier molecular flexibility index (Phi) is 5.58. The van der Waals surface area contributed by atoms with E-state index in [4.69, 9.17) is 5.73 Å². The third kappa shape index (κ3) is 4.05. The topological polar surface area (TPSA) is 32.5 Å². The van der Waals surface area contributed by atoms with E-state index in [1.54, 1.807) is 0 Å². The zero-order chi connectivity index (χ0) is 14.5. The van der Waals surface area contributed by atoms with Crippen LogP contribution in [0.2, 0.25) is 0 Å². The molecule has 1 aromatic rings. The summed E-state index contributed by atoms with van der Waals surface area (Å²) in [6.07, 6.45) is 3.39. The van der Waals surface area contributed by atoms with Crippen molar-refractivity contribution in [1.29, 1.82) is 0 Å². The van der Waals surface area contributed by atoms with E-state index in [1.165, 1.54) is 17.5 Å². The Morgan fingerprint density at radius 2 is 1.90 bits per heavy atom. The minimum Gasteiger partial charge on any atom is -0.324 e. The lowest BCUT2D eigenvalue weighted by molar-refractivity contribution is 0.104. The highest BCUT2D eigenvalue weighted by molar-refractivity contribution is 5.25. The molecule has 0 radical (unpaired) electrons. The third-order valence-electron chi connectivity index (χ3n) is 4.45. The van der Waals surface area contributed by atoms with E-state index < -0.39 is 0 Å². The summed E-state index contributed by atoms with van der Waals surface area (Å²) < 4.78 is 0. The van der Waals surface area contributed by atoms with Gasteiger partial charge in [0.2, 0.25) is 0 Å². The van der Waals surface area contributed by atoms with Crippen LogP contribution in [0.4, 0.5) is 0 Å². The van der Waals surface area contributed by atoms with Gasteiger partial charge in [-0.3, -0.25) is 0 Å². The monoisotopic (exact) mass is 275 g/mol. The maximum atomic E-state index is 6.41. The third-order valence-corrected chi connectivity index (χ3v) is 4.45. The Labute approximate surface area is 123 Å². The number of hydrogen-bond donors (Lipinski definition) is 1. The van der Waals surface area contributed by atoms with Crippen molar-refractivity contribution in [3.8, 4) is 0 Å². The number of piperazine rings is 1. The largest absolute Gasteiger partial charge is 0.324 e. The first-order chi connectivity index (χ1) is 9.60. The fourth-order valence-corrected chi connectivity index (χ4v) is 3.01.